The van der Waals surface area contributed by atoms with Crippen molar-refractivity contribution in [2.75, 3.05) is 13.1 Å². The van der Waals surface area contributed by atoms with Gasteiger partial charge in [0.15, 0.2) is 5.65 Å². The smallest absolute Gasteiger partial charge is 0.254 e. The molecule has 28 heavy (non-hydrogen) atoms. The van der Waals surface area contributed by atoms with Crippen LogP contribution in [-0.2, 0) is 13.0 Å². The minimum absolute atomic E-state index is 0.118. The fourth-order valence-electron chi connectivity index (χ4n) is 4.33. The van der Waals surface area contributed by atoms with Crippen molar-refractivity contribution in [2.45, 2.75) is 46.6 Å². The summed E-state index contributed by atoms with van der Waals surface area (Å²) in [4.78, 5) is 20.0. The fourth-order valence-corrected chi connectivity index (χ4v) is 4.33. The molecule has 3 aromatic rings. The minimum Gasteiger partial charge on any atom is -0.339 e. The zero-order valence-electron chi connectivity index (χ0n) is 17.0. The van der Waals surface area contributed by atoms with E-state index < -0.39 is 0 Å². The number of nitrogens with zero attached hydrogens (tertiary/aromatic N) is 4. The number of rotatable bonds is 4. The molecule has 1 aliphatic rings. The first-order valence-corrected chi connectivity index (χ1v) is 10.2. The molecule has 0 saturated carbocycles. The van der Waals surface area contributed by atoms with Gasteiger partial charge in [-0.05, 0) is 57.6 Å². The lowest BCUT2D eigenvalue weighted by molar-refractivity contribution is 0.0692. The van der Waals surface area contributed by atoms with E-state index in [9.17, 15) is 4.79 Å². The van der Waals surface area contributed by atoms with Crippen molar-refractivity contribution >= 4 is 16.9 Å². The lowest BCUT2D eigenvalue weighted by Crippen LogP contribution is -2.39. The Morgan fingerprint density at radius 3 is 2.54 bits per heavy atom. The van der Waals surface area contributed by atoms with Crippen LogP contribution in [0.5, 0.6) is 0 Å². The van der Waals surface area contributed by atoms with E-state index in [0.717, 1.165) is 66.9 Å². The van der Waals surface area contributed by atoms with Gasteiger partial charge in [-0.2, -0.15) is 5.10 Å². The number of aromatic nitrogens is 3. The van der Waals surface area contributed by atoms with E-state index in [4.69, 9.17) is 0 Å². The Bertz CT molecular complexity index is 985. The highest BCUT2D eigenvalue weighted by atomic mass is 16.2. The van der Waals surface area contributed by atoms with E-state index in [-0.39, 0.29) is 5.91 Å². The number of fused-ring (bicyclic) bond motifs is 1. The van der Waals surface area contributed by atoms with Crippen LogP contribution in [0.25, 0.3) is 11.0 Å². The van der Waals surface area contributed by atoms with Gasteiger partial charge >= 0.3 is 0 Å². The molecule has 0 spiro atoms. The van der Waals surface area contributed by atoms with Gasteiger partial charge < -0.3 is 4.90 Å². The molecule has 5 heteroatoms. The molecule has 146 valence electrons. The predicted molar refractivity (Wildman–Crippen MR) is 111 cm³/mol. The Kier molecular flexibility index (Phi) is 5.16. The van der Waals surface area contributed by atoms with Crippen LogP contribution in [0.4, 0.5) is 0 Å². The van der Waals surface area contributed by atoms with Crippen LogP contribution in [0, 0.1) is 19.8 Å². The van der Waals surface area contributed by atoms with Crippen molar-refractivity contribution in [3.63, 3.8) is 0 Å². The summed E-state index contributed by atoms with van der Waals surface area (Å²) in [6.45, 7) is 8.35. The lowest BCUT2D eigenvalue weighted by atomic mass is 9.90. The molecule has 0 unspecified atom stereocenters. The molecule has 0 bridgehead atoms. The summed E-state index contributed by atoms with van der Waals surface area (Å²) in [6, 6.07) is 12.6. The quantitative estimate of drug-likeness (QED) is 0.687. The Labute approximate surface area is 166 Å². The zero-order valence-corrected chi connectivity index (χ0v) is 17.0. The third kappa shape index (κ3) is 3.53. The van der Waals surface area contributed by atoms with Crippen molar-refractivity contribution in [1.29, 1.82) is 0 Å². The average molecular weight is 377 g/mol. The molecule has 1 aliphatic heterocycles. The Hall–Kier alpha value is -2.69. The largest absolute Gasteiger partial charge is 0.339 e. The normalized spacial score (nSPS) is 15.3. The molecule has 5 nitrogen and oxygen atoms in total. The molecule has 1 amide bonds. The fraction of sp³-hybridized carbons (Fsp3) is 0.435. The van der Waals surface area contributed by atoms with Crippen LogP contribution in [0.15, 0.2) is 36.4 Å². The van der Waals surface area contributed by atoms with E-state index in [1.165, 1.54) is 5.56 Å². The van der Waals surface area contributed by atoms with Crippen molar-refractivity contribution in [2.24, 2.45) is 5.92 Å². The maximum atomic E-state index is 13.3. The summed E-state index contributed by atoms with van der Waals surface area (Å²) in [5, 5.41) is 5.49. The summed E-state index contributed by atoms with van der Waals surface area (Å²) >= 11 is 0. The van der Waals surface area contributed by atoms with Crippen LogP contribution in [0.1, 0.15) is 47.1 Å². The number of aryl methyl sites for hydroxylation is 3. The number of piperidine rings is 1. The molecule has 0 radical (unpaired) electrons. The summed E-state index contributed by atoms with van der Waals surface area (Å²) < 4.78 is 1.89. The molecule has 2 aromatic heterocycles. The van der Waals surface area contributed by atoms with Crippen molar-refractivity contribution in [3.8, 4) is 0 Å². The molecule has 0 aliphatic carbocycles. The van der Waals surface area contributed by atoms with E-state index in [0.29, 0.717) is 5.92 Å². The first-order chi connectivity index (χ1) is 13.6. The number of carbonyl (C=O) groups is 1. The first kappa shape index (κ1) is 18.7. The van der Waals surface area contributed by atoms with E-state index >= 15 is 0 Å². The molecular formula is C23H28N4O. The van der Waals surface area contributed by atoms with Gasteiger partial charge in [-0.15, -0.1) is 0 Å². The second-order valence-corrected chi connectivity index (χ2v) is 7.84. The molecule has 4 rings (SSSR count). The van der Waals surface area contributed by atoms with Crippen LogP contribution in [0.2, 0.25) is 0 Å². The second-order valence-electron chi connectivity index (χ2n) is 7.84. The van der Waals surface area contributed by atoms with Gasteiger partial charge in [-0.1, -0.05) is 30.3 Å². The number of hydrogen-bond donors (Lipinski definition) is 0. The highest BCUT2D eigenvalue weighted by Gasteiger charge is 2.26. The number of amides is 1. The Morgan fingerprint density at radius 1 is 1.14 bits per heavy atom. The zero-order chi connectivity index (χ0) is 19.7. The Balaban J connectivity index is 1.52. The monoisotopic (exact) mass is 376 g/mol. The van der Waals surface area contributed by atoms with Crippen LogP contribution < -0.4 is 0 Å². The number of likely N-dealkylation sites (tertiary alicyclic amines) is 1. The number of pyridine rings is 1. The topological polar surface area (TPSA) is 51.0 Å². The second kappa shape index (κ2) is 7.74. The summed E-state index contributed by atoms with van der Waals surface area (Å²) in [5.41, 5.74) is 4.71. The number of benzene rings is 1. The maximum Gasteiger partial charge on any atom is 0.254 e. The van der Waals surface area contributed by atoms with Crippen LogP contribution in [-0.4, -0.2) is 38.7 Å². The van der Waals surface area contributed by atoms with E-state index in [1.54, 1.807) is 0 Å². The van der Waals surface area contributed by atoms with Crippen molar-refractivity contribution in [3.05, 3.63) is 58.9 Å². The maximum absolute atomic E-state index is 13.3. The molecular weight excluding hydrogens is 348 g/mol. The molecule has 3 heterocycles. The third-order valence-corrected chi connectivity index (χ3v) is 5.80. The van der Waals surface area contributed by atoms with Gasteiger partial charge in [0.05, 0.1) is 16.6 Å². The van der Waals surface area contributed by atoms with Gasteiger partial charge in [0, 0.05) is 25.3 Å². The third-order valence-electron chi connectivity index (χ3n) is 5.80. The molecule has 0 atom stereocenters. The van der Waals surface area contributed by atoms with Gasteiger partial charge in [0.1, 0.15) is 0 Å². The van der Waals surface area contributed by atoms with Crippen molar-refractivity contribution in [1.82, 2.24) is 19.7 Å². The summed E-state index contributed by atoms with van der Waals surface area (Å²) in [5.74, 6) is 0.766. The van der Waals surface area contributed by atoms with Gasteiger partial charge in [0.25, 0.3) is 5.91 Å². The average Bonchev–Trinajstić information content (AvgIpc) is 3.03. The predicted octanol–water partition coefficient (Wildman–Crippen LogP) is 4.16. The highest BCUT2D eigenvalue weighted by Crippen LogP contribution is 2.27. The van der Waals surface area contributed by atoms with Crippen LogP contribution >= 0.6 is 0 Å². The van der Waals surface area contributed by atoms with E-state index in [1.807, 2.05) is 29.5 Å². The lowest BCUT2D eigenvalue weighted by Gasteiger charge is -2.32. The molecule has 1 fully saturated rings. The number of hydrogen-bond acceptors (Lipinski definition) is 3. The molecule has 1 aromatic carbocycles. The SMILES string of the molecule is CCn1nc(C)c2c(C(=O)N3CCC(Cc4ccccc4)CC3)cc(C)nc21. The summed E-state index contributed by atoms with van der Waals surface area (Å²) in [6.07, 6.45) is 3.21. The van der Waals surface area contributed by atoms with Gasteiger partial charge in [-0.3, -0.25) is 4.79 Å². The number of carbonyl (C=O) groups excluding carboxylic acids is 1. The standard InChI is InChI=1S/C23H28N4O/c1-4-27-22-21(17(3)25-27)20(14-16(2)24-22)23(28)26-12-10-19(11-13-26)15-18-8-6-5-7-9-18/h5-9,14,19H,4,10-13,15H2,1-3H3. The summed E-state index contributed by atoms with van der Waals surface area (Å²) in [7, 11) is 0. The van der Waals surface area contributed by atoms with Gasteiger partial charge in [-0.25, -0.2) is 9.67 Å². The Morgan fingerprint density at radius 2 is 1.86 bits per heavy atom. The molecule has 1 saturated heterocycles. The van der Waals surface area contributed by atoms with Crippen LogP contribution in [0.3, 0.4) is 0 Å². The van der Waals surface area contributed by atoms with Gasteiger partial charge in [0.2, 0.25) is 0 Å². The molecule has 0 N–H and O–H groups in total. The minimum atomic E-state index is 0.118. The highest BCUT2D eigenvalue weighted by molar-refractivity contribution is 6.06. The van der Waals surface area contributed by atoms with E-state index in [2.05, 4.69) is 47.3 Å². The first-order valence-electron chi connectivity index (χ1n) is 10.2. The van der Waals surface area contributed by atoms with Crippen molar-refractivity contribution < 1.29 is 4.79 Å².